The van der Waals surface area contributed by atoms with Crippen LogP contribution in [0.1, 0.15) is 51.6 Å². The average molecular weight is 557 g/mol. The predicted octanol–water partition coefficient (Wildman–Crippen LogP) is 4.06. The van der Waals surface area contributed by atoms with E-state index in [4.69, 9.17) is 14.5 Å². The minimum atomic E-state index is 0. The summed E-state index contributed by atoms with van der Waals surface area (Å²) >= 11 is 0. The molecule has 0 radical (unpaired) electrons. The SMILES string of the molecule is CCNC(=NCC1CCCN(C)C1c1ccc(OC)cc1)NC1C2CCOC2C1(C)C.I. The van der Waals surface area contributed by atoms with Crippen molar-refractivity contribution < 1.29 is 9.47 Å². The fourth-order valence-electron chi connectivity index (χ4n) is 6.07. The highest BCUT2D eigenvalue weighted by molar-refractivity contribution is 14.0. The van der Waals surface area contributed by atoms with E-state index < -0.39 is 0 Å². The highest BCUT2D eigenvalue weighted by atomic mass is 127. The van der Waals surface area contributed by atoms with E-state index in [0.29, 0.717) is 30.0 Å². The van der Waals surface area contributed by atoms with Gasteiger partial charge in [-0.3, -0.25) is 9.89 Å². The van der Waals surface area contributed by atoms with Gasteiger partial charge in [0.15, 0.2) is 5.96 Å². The number of nitrogens with zero attached hydrogens (tertiary/aromatic N) is 2. The van der Waals surface area contributed by atoms with Crippen molar-refractivity contribution in [3.63, 3.8) is 0 Å². The van der Waals surface area contributed by atoms with Gasteiger partial charge in [0.25, 0.3) is 0 Å². The Morgan fingerprint density at radius 3 is 2.69 bits per heavy atom. The Hall–Kier alpha value is -1.06. The number of hydrogen-bond donors (Lipinski definition) is 2. The molecule has 0 amide bonds. The molecule has 3 aliphatic rings. The molecule has 1 saturated carbocycles. The molecule has 5 unspecified atom stereocenters. The monoisotopic (exact) mass is 556 g/mol. The van der Waals surface area contributed by atoms with Gasteiger partial charge in [-0.05, 0) is 63.4 Å². The van der Waals surface area contributed by atoms with Gasteiger partial charge in [0, 0.05) is 43.1 Å². The summed E-state index contributed by atoms with van der Waals surface area (Å²) in [5.41, 5.74) is 1.50. The van der Waals surface area contributed by atoms with Crippen LogP contribution in [0.25, 0.3) is 0 Å². The van der Waals surface area contributed by atoms with Gasteiger partial charge in [-0.1, -0.05) is 26.0 Å². The molecule has 2 aliphatic heterocycles. The summed E-state index contributed by atoms with van der Waals surface area (Å²) in [5.74, 6) is 2.96. The summed E-state index contributed by atoms with van der Waals surface area (Å²) < 4.78 is 11.3. The van der Waals surface area contributed by atoms with E-state index in [9.17, 15) is 0 Å². The number of aliphatic imine (C=N–C) groups is 1. The number of fused-ring (bicyclic) bond motifs is 1. The number of ether oxygens (including phenoxy) is 2. The normalized spacial score (nSPS) is 31.8. The van der Waals surface area contributed by atoms with Crippen LogP contribution in [-0.4, -0.2) is 63.4 Å². The second kappa shape index (κ2) is 10.9. The first-order chi connectivity index (χ1) is 15.0. The van der Waals surface area contributed by atoms with Crippen molar-refractivity contribution in [1.82, 2.24) is 15.5 Å². The first-order valence-corrected chi connectivity index (χ1v) is 12.0. The van der Waals surface area contributed by atoms with Crippen molar-refractivity contribution in [3.05, 3.63) is 29.8 Å². The van der Waals surface area contributed by atoms with Crippen LogP contribution >= 0.6 is 24.0 Å². The molecule has 2 saturated heterocycles. The number of hydrogen-bond acceptors (Lipinski definition) is 4. The van der Waals surface area contributed by atoms with Gasteiger partial charge >= 0.3 is 0 Å². The van der Waals surface area contributed by atoms with Gasteiger partial charge < -0.3 is 20.1 Å². The van der Waals surface area contributed by atoms with Crippen molar-refractivity contribution in [2.24, 2.45) is 22.2 Å². The summed E-state index contributed by atoms with van der Waals surface area (Å²) in [6.45, 7) is 10.5. The molecule has 0 bridgehead atoms. The molecule has 0 aromatic heterocycles. The maximum absolute atomic E-state index is 5.97. The number of nitrogens with one attached hydrogen (secondary N) is 2. The summed E-state index contributed by atoms with van der Waals surface area (Å²) in [6.07, 6.45) is 3.97. The summed E-state index contributed by atoms with van der Waals surface area (Å²) in [6, 6.07) is 9.37. The summed E-state index contributed by atoms with van der Waals surface area (Å²) in [7, 11) is 3.96. The Bertz CT molecular complexity index is 770. The maximum atomic E-state index is 5.97. The van der Waals surface area contributed by atoms with Crippen molar-refractivity contribution in [2.75, 3.05) is 40.4 Å². The lowest BCUT2D eigenvalue weighted by Gasteiger charge is -2.55. The second-order valence-corrected chi connectivity index (χ2v) is 10.0. The predicted molar refractivity (Wildman–Crippen MR) is 141 cm³/mol. The van der Waals surface area contributed by atoms with Crippen molar-refractivity contribution in [3.8, 4) is 5.75 Å². The lowest BCUT2D eigenvalue weighted by molar-refractivity contribution is -0.106. The molecule has 1 aliphatic carbocycles. The zero-order valence-electron chi connectivity index (χ0n) is 20.3. The standard InChI is InChI=1S/C25H40N4O2.HI/c1-6-26-24(28-22-20-13-15-31-23(20)25(22,2)3)27-16-18-8-7-14-29(4)21(18)17-9-11-19(30-5)12-10-17;/h9-12,18,20-23H,6-8,13-16H2,1-5H3,(H2,26,27,28);1H. The third-order valence-corrected chi connectivity index (χ3v) is 7.69. The number of halogens is 1. The minimum Gasteiger partial charge on any atom is -0.497 e. The van der Waals surface area contributed by atoms with Crippen LogP contribution in [-0.2, 0) is 4.74 Å². The van der Waals surface area contributed by atoms with Crippen LogP contribution in [0.15, 0.2) is 29.3 Å². The molecule has 0 spiro atoms. The van der Waals surface area contributed by atoms with Crippen LogP contribution in [0.4, 0.5) is 0 Å². The molecular formula is C25H41IN4O2. The molecule has 2 N–H and O–H groups in total. The zero-order chi connectivity index (χ0) is 22.0. The number of rotatable bonds is 6. The Kier molecular flexibility index (Phi) is 8.72. The maximum Gasteiger partial charge on any atom is 0.191 e. The minimum absolute atomic E-state index is 0. The van der Waals surface area contributed by atoms with E-state index in [1.807, 2.05) is 0 Å². The number of guanidine groups is 1. The largest absolute Gasteiger partial charge is 0.497 e. The first-order valence-electron chi connectivity index (χ1n) is 12.0. The molecule has 7 heteroatoms. The van der Waals surface area contributed by atoms with Crippen LogP contribution in [0, 0.1) is 17.3 Å². The van der Waals surface area contributed by atoms with Gasteiger partial charge in [0.1, 0.15) is 5.75 Å². The highest BCUT2D eigenvalue weighted by Crippen LogP contribution is 2.52. The van der Waals surface area contributed by atoms with Crippen LogP contribution in [0.2, 0.25) is 0 Å². The molecule has 6 nitrogen and oxygen atoms in total. The topological polar surface area (TPSA) is 58.1 Å². The Morgan fingerprint density at radius 2 is 2.00 bits per heavy atom. The lowest BCUT2D eigenvalue weighted by atomic mass is 9.57. The fraction of sp³-hybridized carbons (Fsp3) is 0.720. The Balaban J connectivity index is 0.00000289. The Morgan fingerprint density at radius 1 is 1.25 bits per heavy atom. The molecule has 1 aromatic carbocycles. The molecule has 3 fully saturated rings. The molecule has 1 aromatic rings. The summed E-state index contributed by atoms with van der Waals surface area (Å²) in [4.78, 5) is 7.57. The molecule has 32 heavy (non-hydrogen) atoms. The molecule has 5 atom stereocenters. The van der Waals surface area contributed by atoms with E-state index in [-0.39, 0.29) is 29.4 Å². The van der Waals surface area contributed by atoms with Gasteiger partial charge in [0.2, 0.25) is 0 Å². The zero-order valence-corrected chi connectivity index (χ0v) is 22.6. The van der Waals surface area contributed by atoms with Crippen LogP contribution in [0.3, 0.4) is 0 Å². The van der Waals surface area contributed by atoms with Crippen molar-refractivity contribution in [1.29, 1.82) is 0 Å². The van der Waals surface area contributed by atoms with E-state index in [0.717, 1.165) is 44.4 Å². The molecule has 180 valence electrons. The molecule has 4 rings (SSSR count). The van der Waals surface area contributed by atoms with Crippen molar-refractivity contribution in [2.45, 2.75) is 58.2 Å². The third kappa shape index (κ3) is 5.04. The van der Waals surface area contributed by atoms with E-state index in [1.54, 1.807) is 7.11 Å². The van der Waals surface area contributed by atoms with E-state index in [2.05, 4.69) is 67.6 Å². The Labute approximate surface area is 210 Å². The van der Waals surface area contributed by atoms with Gasteiger partial charge in [0.05, 0.1) is 13.2 Å². The molecular weight excluding hydrogens is 515 g/mol. The highest BCUT2D eigenvalue weighted by Gasteiger charge is 2.59. The van der Waals surface area contributed by atoms with Crippen molar-refractivity contribution >= 4 is 29.9 Å². The van der Waals surface area contributed by atoms with E-state index >= 15 is 0 Å². The van der Waals surface area contributed by atoms with Gasteiger partial charge in [-0.2, -0.15) is 0 Å². The van der Waals surface area contributed by atoms with Gasteiger partial charge in [-0.25, -0.2) is 0 Å². The number of likely N-dealkylation sites (tertiary alicyclic amines) is 1. The number of benzene rings is 1. The van der Waals surface area contributed by atoms with E-state index in [1.165, 1.54) is 18.4 Å². The summed E-state index contributed by atoms with van der Waals surface area (Å²) in [5, 5.41) is 7.25. The number of piperidine rings is 1. The smallest absolute Gasteiger partial charge is 0.191 e. The van der Waals surface area contributed by atoms with Crippen LogP contribution in [0.5, 0.6) is 5.75 Å². The third-order valence-electron chi connectivity index (χ3n) is 7.69. The van der Waals surface area contributed by atoms with Crippen LogP contribution < -0.4 is 15.4 Å². The fourth-order valence-corrected chi connectivity index (χ4v) is 6.07. The lowest BCUT2D eigenvalue weighted by Crippen LogP contribution is -2.68. The number of methoxy groups -OCH3 is 1. The van der Waals surface area contributed by atoms with Gasteiger partial charge in [-0.15, -0.1) is 24.0 Å². The molecule has 2 heterocycles. The quantitative estimate of drug-likeness (QED) is 0.315. The average Bonchev–Trinajstić information content (AvgIpc) is 3.23. The first kappa shape index (κ1) is 25.6. The second-order valence-electron chi connectivity index (χ2n) is 10.0.